The second-order valence-corrected chi connectivity index (χ2v) is 6.82. The highest BCUT2D eigenvalue weighted by atomic mass is 19.1. The molecular formula is C22H26FNO3. The lowest BCUT2D eigenvalue weighted by Gasteiger charge is -2.25. The van der Waals surface area contributed by atoms with Crippen LogP contribution in [0.1, 0.15) is 39.0 Å². The molecule has 1 amide bonds. The van der Waals surface area contributed by atoms with E-state index in [0.29, 0.717) is 30.5 Å². The first kappa shape index (κ1) is 19.2. The van der Waals surface area contributed by atoms with Crippen LogP contribution in [0, 0.1) is 11.7 Å². The van der Waals surface area contributed by atoms with E-state index in [-0.39, 0.29) is 0 Å². The van der Waals surface area contributed by atoms with E-state index in [1.807, 2.05) is 6.92 Å². The van der Waals surface area contributed by atoms with E-state index in [4.69, 9.17) is 9.47 Å². The first-order chi connectivity index (χ1) is 13.2. The molecular weight excluding hydrogens is 345 g/mol. The van der Waals surface area contributed by atoms with Gasteiger partial charge < -0.3 is 9.47 Å². The van der Waals surface area contributed by atoms with Gasteiger partial charge in [0.1, 0.15) is 11.6 Å². The predicted molar refractivity (Wildman–Crippen MR) is 104 cm³/mol. The zero-order valence-corrected chi connectivity index (χ0v) is 15.7. The van der Waals surface area contributed by atoms with E-state index >= 15 is 0 Å². The largest absolute Gasteiger partial charge is 0.494 e. The maximum Gasteiger partial charge on any atom is 0.418 e. The molecule has 5 heteroatoms. The van der Waals surface area contributed by atoms with Crippen LogP contribution in [0.4, 0.5) is 20.6 Å². The van der Waals surface area contributed by atoms with Gasteiger partial charge >= 0.3 is 6.09 Å². The van der Waals surface area contributed by atoms with Crippen molar-refractivity contribution in [3.8, 4) is 5.75 Å². The Morgan fingerprint density at radius 3 is 2.48 bits per heavy atom. The second-order valence-electron chi connectivity index (χ2n) is 6.82. The van der Waals surface area contributed by atoms with Crippen molar-refractivity contribution >= 4 is 17.5 Å². The molecule has 1 aliphatic carbocycles. The molecule has 0 radical (unpaired) electrons. The molecule has 2 aromatic carbocycles. The Kier molecular flexibility index (Phi) is 6.69. The zero-order valence-electron chi connectivity index (χ0n) is 15.7. The van der Waals surface area contributed by atoms with E-state index in [2.05, 4.69) is 0 Å². The molecule has 4 nitrogen and oxygen atoms in total. The third-order valence-corrected chi connectivity index (χ3v) is 4.82. The molecule has 3 rings (SSSR count). The molecule has 0 bridgehead atoms. The average Bonchev–Trinajstić information content (AvgIpc) is 2.69. The standard InChI is InChI=1S/C22H26FNO3/c1-2-26-21-13-11-19(12-14-21)24(20-10-6-9-18(23)15-20)22(25)27-16-17-7-4-3-5-8-17/h6,9-15,17H,2-5,7-8,16H2,1H3. The molecule has 1 fully saturated rings. The van der Waals surface area contributed by atoms with Crippen LogP contribution in [0.15, 0.2) is 48.5 Å². The van der Waals surface area contributed by atoms with Gasteiger partial charge in [-0.15, -0.1) is 0 Å². The van der Waals surface area contributed by atoms with Crippen molar-refractivity contribution in [3.05, 3.63) is 54.3 Å². The molecule has 0 spiro atoms. The second kappa shape index (κ2) is 9.40. The molecule has 0 saturated heterocycles. The highest BCUT2D eigenvalue weighted by Gasteiger charge is 2.22. The maximum atomic E-state index is 13.7. The highest BCUT2D eigenvalue weighted by molar-refractivity contribution is 5.96. The van der Waals surface area contributed by atoms with Crippen LogP contribution in [0.2, 0.25) is 0 Å². The monoisotopic (exact) mass is 371 g/mol. The summed E-state index contributed by atoms with van der Waals surface area (Å²) in [5, 5.41) is 0. The van der Waals surface area contributed by atoms with Crippen molar-refractivity contribution in [2.24, 2.45) is 5.92 Å². The normalized spacial score (nSPS) is 14.6. The molecule has 0 unspecified atom stereocenters. The molecule has 0 aromatic heterocycles. The summed E-state index contributed by atoms with van der Waals surface area (Å²) in [4.78, 5) is 14.3. The van der Waals surface area contributed by atoms with Gasteiger partial charge in [-0.3, -0.25) is 0 Å². The molecule has 144 valence electrons. The number of carbonyl (C=O) groups excluding carboxylic acids is 1. The lowest BCUT2D eigenvalue weighted by Crippen LogP contribution is -2.29. The number of hydrogen-bond donors (Lipinski definition) is 0. The number of rotatable bonds is 6. The minimum Gasteiger partial charge on any atom is -0.494 e. The van der Waals surface area contributed by atoms with Crippen LogP contribution in [-0.2, 0) is 4.74 Å². The molecule has 1 saturated carbocycles. The quantitative estimate of drug-likeness (QED) is 0.618. The van der Waals surface area contributed by atoms with Gasteiger partial charge in [0.2, 0.25) is 0 Å². The Balaban J connectivity index is 1.79. The molecule has 0 atom stereocenters. The van der Waals surface area contributed by atoms with Crippen LogP contribution in [-0.4, -0.2) is 19.3 Å². The molecule has 27 heavy (non-hydrogen) atoms. The van der Waals surface area contributed by atoms with Crippen molar-refractivity contribution in [3.63, 3.8) is 0 Å². The number of ether oxygens (including phenoxy) is 2. The van der Waals surface area contributed by atoms with Crippen molar-refractivity contribution in [1.29, 1.82) is 0 Å². The van der Waals surface area contributed by atoms with Gasteiger partial charge in [0.05, 0.1) is 24.6 Å². The third-order valence-electron chi connectivity index (χ3n) is 4.82. The van der Waals surface area contributed by atoms with Crippen LogP contribution in [0.3, 0.4) is 0 Å². The smallest absolute Gasteiger partial charge is 0.418 e. The Bertz CT molecular complexity index is 741. The fraction of sp³-hybridized carbons (Fsp3) is 0.409. The Labute approximate surface area is 159 Å². The summed E-state index contributed by atoms with van der Waals surface area (Å²) in [5.41, 5.74) is 1.05. The minimum absolute atomic E-state index is 0.400. The Morgan fingerprint density at radius 1 is 1.07 bits per heavy atom. The van der Waals surface area contributed by atoms with Crippen molar-refractivity contribution in [2.75, 3.05) is 18.1 Å². The summed E-state index contributed by atoms with van der Waals surface area (Å²) in [6.45, 7) is 2.88. The maximum absolute atomic E-state index is 13.7. The molecule has 1 aliphatic rings. The van der Waals surface area contributed by atoms with Gasteiger partial charge in [-0.1, -0.05) is 25.3 Å². The van der Waals surface area contributed by atoms with E-state index in [0.717, 1.165) is 18.6 Å². The van der Waals surface area contributed by atoms with Gasteiger partial charge in [0.15, 0.2) is 0 Å². The molecule has 2 aromatic rings. The van der Waals surface area contributed by atoms with Crippen molar-refractivity contribution < 1.29 is 18.7 Å². The van der Waals surface area contributed by atoms with E-state index in [9.17, 15) is 9.18 Å². The SMILES string of the molecule is CCOc1ccc(N(C(=O)OCC2CCCCC2)c2cccc(F)c2)cc1. The predicted octanol–water partition coefficient (Wildman–Crippen LogP) is 6.08. The minimum atomic E-state index is -0.490. The van der Waals surface area contributed by atoms with Crippen molar-refractivity contribution in [1.82, 2.24) is 0 Å². The van der Waals surface area contributed by atoms with Crippen LogP contribution < -0.4 is 9.64 Å². The summed E-state index contributed by atoms with van der Waals surface area (Å²) in [6.07, 6.45) is 5.33. The zero-order chi connectivity index (χ0) is 19.1. The summed E-state index contributed by atoms with van der Waals surface area (Å²) in [5.74, 6) is 0.733. The molecule has 0 N–H and O–H groups in total. The molecule has 0 aliphatic heterocycles. The highest BCUT2D eigenvalue weighted by Crippen LogP contribution is 2.30. The summed E-state index contributed by atoms with van der Waals surface area (Å²) >= 11 is 0. The van der Waals surface area contributed by atoms with E-state index in [1.165, 1.54) is 36.3 Å². The van der Waals surface area contributed by atoms with Crippen molar-refractivity contribution in [2.45, 2.75) is 39.0 Å². The number of benzene rings is 2. The number of amides is 1. The van der Waals surface area contributed by atoms with E-state index in [1.54, 1.807) is 36.4 Å². The lowest BCUT2D eigenvalue weighted by molar-refractivity contribution is 0.124. The first-order valence-electron chi connectivity index (χ1n) is 9.62. The first-order valence-corrected chi connectivity index (χ1v) is 9.62. The lowest BCUT2D eigenvalue weighted by atomic mass is 9.90. The fourth-order valence-electron chi connectivity index (χ4n) is 3.44. The van der Waals surface area contributed by atoms with Crippen LogP contribution in [0.5, 0.6) is 5.75 Å². The topological polar surface area (TPSA) is 38.8 Å². The summed E-state index contributed by atoms with van der Waals surface area (Å²) in [6, 6.07) is 13.1. The van der Waals surface area contributed by atoms with Gasteiger partial charge in [-0.25, -0.2) is 14.1 Å². The third kappa shape index (κ3) is 5.22. The Hall–Kier alpha value is -2.56. The van der Waals surface area contributed by atoms with Gasteiger partial charge in [0, 0.05) is 0 Å². The number of halogens is 1. The van der Waals surface area contributed by atoms with Crippen LogP contribution >= 0.6 is 0 Å². The summed E-state index contributed by atoms with van der Waals surface area (Å²) in [7, 11) is 0. The van der Waals surface area contributed by atoms with Crippen LogP contribution in [0.25, 0.3) is 0 Å². The fourth-order valence-corrected chi connectivity index (χ4v) is 3.44. The number of hydrogen-bond acceptors (Lipinski definition) is 3. The molecule has 0 heterocycles. The van der Waals surface area contributed by atoms with Gasteiger partial charge in [-0.05, 0) is 68.1 Å². The Morgan fingerprint density at radius 2 is 1.81 bits per heavy atom. The average molecular weight is 371 g/mol. The number of carbonyl (C=O) groups is 1. The van der Waals surface area contributed by atoms with E-state index < -0.39 is 11.9 Å². The van der Waals surface area contributed by atoms with Gasteiger partial charge in [-0.2, -0.15) is 0 Å². The number of anilines is 2. The van der Waals surface area contributed by atoms with Gasteiger partial charge in [0.25, 0.3) is 0 Å². The number of nitrogens with zero attached hydrogens (tertiary/aromatic N) is 1. The summed E-state index contributed by atoms with van der Waals surface area (Å²) < 4.78 is 24.8.